The molecule has 0 aliphatic heterocycles. The monoisotopic (exact) mass is 290 g/mol. The van der Waals surface area contributed by atoms with Gasteiger partial charge in [0.1, 0.15) is 5.82 Å². The van der Waals surface area contributed by atoms with Gasteiger partial charge in [0.05, 0.1) is 5.56 Å². The van der Waals surface area contributed by atoms with Crippen LogP contribution in [0.3, 0.4) is 0 Å². The van der Waals surface area contributed by atoms with Crippen LogP contribution < -0.4 is 5.32 Å². The van der Waals surface area contributed by atoms with Crippen LogP contribution in [-0.2, 0) is 6.42 Å². The summed E-state index contributed by atoms with van der Waals surface area (Å²) in [6.45, 7) is 5.26. The average Bonchev–Trinajstić information content (AvgIpc) is 2.46. The van der Waals surface area contributed by atoms with Crippen molar-refractivity contribution in [2.24, 2.45) is 5.41 Å². The first-order chi connectivity index (χ1) is 10.0. The minimum Gasteiger partial charge on any atom is -0.478 e. The van der Waals surface area contributed by atoms with Crippen molar-refractivity contribution in [3.63, 3.8) is 0 Å². The summed E-state index contributed by atoms with van der Waals surface area (Å²) in [4.78, 5) is 15.8. The van der Waals surface area contributed by atoms with E-state index in [1.807, 2.05) is 0 Å². The van der Waals surface area contributed by atoms with Crippen LogP contribution in [0.25, 0.3) is 0 Å². The first-order valence-electron chi connectivity index (χ1n) is 8.00. The van der Waals surface area contributed by atoms with Gasteiger partial charge in [-0.2, -0.15) is 0 Å². The van der Waals surface area contributed by atoms with E-state index in [1.165, 1.54) is 32.1 Å². The summed E-state index contributed by atoms with van der Waals surface area (Å²) < 4.78 is 0. The van der Waals surface area contributed by atoms with Crippen LogP contribution in [0.5, 0.6) is 0 Å². The van der Waals surface area contributed by atoms with E-state index < -0.39 is 5.97 Å². The molecule has 1 aliphatic carbocycles. The Hall–Kier alpha value is -1.58. The van der Waals surface area contributed by atoms with Gasteiger partial charge in [-0.3, -0.25) is 0 Å². The van der Waals surface area contributed by atoms with E-state index in [0.717, 1.165) is 25.1 Å². The number of aryl methyl sites for hydroxylation is 1. The van der Waals surface area contributed by atoms with Crippen molar-refractivity contribution in [3.8, 4) is 0 Å². The SMILES string of the molecule is CCCc1cc(C(=O)O)cc(NCC2(C)CCCCC2)n1. The Balaban J connectivity index is 2.09. The topological polar surface area (TPSA) is 62.2 Å². The van der Waals surface area contributed by atoms with E-state index in [4.69, 9.17) is 0 Å². The van der Waals surface area contributed by atoms with Gasteiger partial charge < -0.3 is 10.4 Å². The van der Waals surface area contributed by atoms with Crippen molar-refractivity contribution in [1.82, 2.24) is 4.98 Å². The van der Waals surface area contributed by atoms with E-state index in [0.29, 0.717) is 16.8 Å². The lowest BCUT2D eigenvalue weighted by Crippen LogP contribution is -2.29. The molecule has 1 fully saturated rings. The largest absolute Gasteiger partial charge is 0.478 e. The Bertz CT molecular complexity index is 494. The number of anilines is 1. The molecule has 2 rings (SSSR count). The van der Waals surface area contributed by atoms with E-state index in [1.54, 1.807) is 12.1 Å². The minimum atomic E-state index is -0.887. The molecule has 0 atom stereocenters. The molecule has 2 N–H and O–H groups in total. The second-order valence-electron chi connectivity index (χ2n) is 6.51. The number of carbonyl (C=O) groups is 1. The standard InChI is InChI=1S/C17H26N2O2/c1-3-7-14-10-13(16(20)21)11-15(19-14)18-12-17(2)8-5-4-6-9-17/h10-11H,3-9,12H2,1-2H3,(H,18,19)(H,20,21). The molecule has 116 valence electrons. The van der Waals surface area contributed by atoms with Crippen LogP contribution in [0.15, 0.2) is 12.1 Å². The third kappa shape index (κ3) is 4.45. The first-order valence-corrected chi connectivity index (χ1v) is 8.00. The van der Waals surface area contributed by atoms with E-state index in [2.05, 4.69) is 24.1 Å². The predicted octanol–water partition coefficient (Wildman–Crippen LogP) is 4.11. The van der Waals surface area contributed by atoms with Gasteiger partial charge in [-0.1, -0.05) is 39.5 Å². The molecule has 4 heteroatoms. The molecule has 1 aliphatic rings. The molecule has 0 radical (unpaired) electrons. The Morgan fingerprint density at radius 1 is 1.33 bits per heavy atom. The Labute approximate surface area is 127 Å². The normalized spacial score (nSPS) is 17.4. The van der Waals surface area contributed by atoms with Crippen LogP contribution in [0, 0.1) is 5.41 Å². The highest BCUT2D eigenvalue weighted by molar-refractivity contribution is 5.88. The highest BCUT2D eigenvalue weighted by Gasteiger charge is 2.26. The molecule has 0 saturated heterocycles. The van der Waals surface area contributed by atoms with E-state index >= 15 is 0 Å². The zero-order valence-corrected chi connectivity index (χ0v) is 13.1. The molecular weight excluding hydrogens is 264 g/mol. The van der Waals surface area contributed by atoms with Gasteiger partial charge in [-0.05, 0) is 36.8 Å². The summed E-state index contributed by atoms with van der Waals surface area (Å²) >= 11 is 0. The molecule has 1 saturated carbocycles. The van der Waals surface area contributed by atoms with Crippen molar-refractivity contribution < 1.29 is 9.90 Å². The molecule has 0 unspecified atom stereocenters. The summed E-state index contributed by atoms with van der Waals surface area (Å²) in [6, 6.07) is 3.33. The number of nitrogens with zero attached hydrogens (tertiary/aromatic N) is 1. The van der Waals surface area contributed by atoms with Gasteiger partial charge in [-0.25, -0.2) is 9.78 Å². The molecule has 1 aromatic heterocycles. The van der Waals surface area contributed by atoms with Crippen LogP contribution in [-0.4, -0.2) is 22.6 Å². The van der Waals surface area contributed by atoms with Crippen molar-refractivity contribution in [1.29, 1.82) is 0 Å². The van der Waals surface area contributed by atoms with Crippen LogP contribution >= 0.6 is 0 Å². The Morgan fingerprint density at radius 2 is 2.05 bits per heavy atom. The Kier molecular flexibility index (Phi) is 5.21. The quantitative estimate of drug-likeness (QED) is 0.827. The predicted molar refractivity (Wildman–Crippen MR) is 84.9 cm³/mol. The lowest BCUT2D eigenvalue weighted by atomic mass is 9.76. The fourth-order valence-corrected chi connectivity index (χ4v) is 3.07. The zero-order valence-electron chi connectivity index (χ0n) is 13.1. The zero-order chi connectivity index (χ0) is 15.3. The fourth-order valence-electron chi connectivity index (χ4n) is 3.07. The molecule has 1 aromatic rings. The lowest BCUT2D eigenvalue weighted by Gasteiger charge is -2.33. The van der Waals surface area contributed by atoms with Crippen LogP contribution in [0.4, 0.5) is 5.82 Å². The van der Waals surface area contributed by atoms with Gasteiger partial charge in [-0.15, -0.1) is 0 Å². The van der Waals surface area contributed by atoms with E-state index in [9.17, 15) is 9.90 Å². The number of aromatic nitrogens is 1. The van der Waals surface area contributed by atoms with E-state index in [-0.39, 0.29) is 0 Å². The highest BCUT2D eigenvalue weighted by atomic mass is 16.4. The molecular formula is C17H26N2O2. The third-order valence-corrected chi connectivity index (χ3v) is 4.39. The summed E-state index contributed by atoms with van der Waals surface area (Å²) in [7, 11) is 0. The molecule has 21 heavy (non-hydrogen) atoms. The van der Waals surface area contributed by atoms with Crippen molar-refractivity contribution >= 4 is 11.8 Å². The summed E-state index contributed by atoms with van der Waals surface area (Å²) in [6.07, 6.45) is 8.17. The van der Waals surface area contributed by atoms with Crippen LogP contribution in [0.2, 0.25) is 0 Å². The number of carboxylic acid groups (broad SMARTS) is 1. The summed E-state index contributed by atoms with van der Waals surface area (Å²) in [5.41, 5.74) is 1.49. The van der Waals surface area contributed by atoms with Crippen molar-refractivity contribution in [2.45, 2.75) is 58.8 Å². The van der Waals surface area contributed by atoms with Gasteiger partial charge in [0.15, 0.2) is 0 Å². The number of nitrogens with one attached hydrogen (secondary N) is 1. The van der Waals surface area contributed by atoms with Gasteiger partial charge >= 0.3 is 5.97 Å². The van der Waals surface area contributed by atoms with Crippen molar-refractivity contribution in [3.05, 3.63) is 23.4 Å². The molecule has 1 heterocycles. The number of rotatable bonds is 6. The minimum absolute atomic E-state index is 0.310. The molecule has 4 nitrogen and oxygen atoms in total. The highest BCUT2D eigenvalue weighted by Crippen LogP contribution is 2.35. The smallest absolute Gasteiger partial charge is 0.335 e. The lowest BCUT2D eigenvalue weighted by molar-refractivity contribution is 0.0696. The maximum absolute atomic E-state index is 11.2. The molecule has 0 aromatic carbocycles. The summed E-state index contributed by atoms with van der Waals surface area (Å²) in [5, 5.41) is 12.6. The second-order valence-corrected chi connectivity index (χ2v) is 6.51. The number of hydrogen-bond acceptors (Lipinski definition) is 3. The van der Waals surface area contributed by atoms with Gasteiger partial charge in [0.2, 0.25) is 0 Å². The Morgan fingerprint density at radius 3 is 2.67 bits per heavy atom. The number of hydrogen-bond donors (Lipinski definition) is 2. The van der Waals surface area contributed by atoms with Gasteiger partial charge in [0.25, 0.3) is 0 Å². The average molecular weight is 290 g/mol. The maximum Gasteiger partial charge on any atom is 0.335 e. The maximum atomic E-state index is 11.2. The fraction of sp³-hybridized carbons (Fsp3) is 0.647. The third-order valence-electron chi connectivity index (χ3n) is 4.39. The van der Waals surface area contributed by atoms with Crippen LogP contribution in [0.1, 0.15) is 68.4 Å². The number of pyridine rings is 1. The number of aromatic carboxylic acids is 1. The number of carboxylic acids is 1. The van der Waals surface area contributed by atoms with Crippen molar-refractivity contribution in [2.75, 3.05) is 11.9 Å². The molecule has 0 amide bonds. The molecule has 0 spiro atoms. The summed E-state index contributed by atoms with van der Waals surface area (Å²) in [5.74, 6) is -0.188. The molecule has 0 bridgehead atoms. The van der Waals surface area contributed by atoms with Gasteiger partial charge in [0, 0.05) is 12.2 Å². The second kappa shape index (κ2) is 6.92. The first kappa shape index (κ1) is 15.8.